The van der Waals surface area contributed by atoms with E-state index in [1.807, 2.05) is 36.4 Å². The number of hydrogen-bond donors (Lipinski definition) is 2. The van der Waals surface area contributed by atoms with Crippen LogP contribution in [0.5, 0.6) is 0 Å². The van der Waals surface area contributed by atoms with E-state index >= 15 is 0 Å². The number of aromatic nitrogens is 1. The number of hydrogen-bond acceptors (Lipinski definition) is 7. The zero-order valence-electron chi connectivity index (χ0n) is 23.1. The fourth-order valence-corrected chi connectivity index (χ4v) is 6.97. The molecule has 5 aromatic rings. The molecule has 3 atom stereocenters. The van der Waals surface area contributed by atoms with E-state index in [-0.39, 0.29) is 18.4 Å². The van der Waals surface area contributed by atoms with Crippen molar-refractivity contribution < 1.29 is 41.3 Å². The Labute approximate surface area is 261 Å². The first-order valence-electron chi connectivity index (χ1n) is 13.6. The Bertz CT molecular complexity index is 1810. The van der Waals surface area contributed by atoms with Crippen molar-refractivity contribution in [1.82, 2.24) is 4.98 Å². The molecule has 1 aliphatic heterocycles. The van der Waals surface area contributed by atoms with Gasteiger partial charge in [-0.3, -0.25) is 4.79 Å². The number of benzene rings is 4. The van der Waals surface area contributed by atoms with E-state index in [0.29, 0.717) is 17.7 Å². The van der Waals surface area contributed by atoms with Gasteiger partial charge in [0, 0.05) is 23.4 Å². The van der Waals surface area contributed by atoms with Gasteiger partial charge in [0.05, 0.1) is 29.0 Å². The third kappa shape index (κ3) is 6.58. The number of thiazole rings is 1. The van der Waals surface area contributed by atoms with Crippen LogP contribution >= 0.6 is 23.1 Å². The van der Waals surface area contributed by atoms with Crippen LogP contribution in [0.1, 0.15) is 45.9 Å². The molecule has 0 spiro atoms. The molecule has 2 N–H and O–H groups in total. The lowest BCUT2D eigenvalue weighted by molar-refractivity contribution is -0.245. The van der Waals surface area contributed by atoms with Gasteiger partial charge in [0.1, 0.15) is 5.56 Å². The fourth-order valence-electron chi connectivity index (χ4n) is 4.86. The first-order chi connectivity index (χ1) is 21.7. The molecule has 0 saturated carbocycles. The molecule has 1 aromatic heterocycles. The van der Waals surface area contributed by atoms with Gasteiger partial charge in [-0.25, -0.2) is 26.9 Å². The molecule has 45 heavy (non-hydrogen) atoms. The van der Waals surface area contributed by atoms with Gasteiger partial charge in [-0.2, -0.15) is 0 Å². The van der Waals surface area contributed by atoms with E-state index < -0.39 is 53.0 Å². The quantitative estimate of drug-likeness (QED) is 0.0760. The van der Waals surface area contributed by atoms with Gasteiger partial charge < -0.3 is 19.9 Å². The van der Waals surface area contributed by atoms with E-state index in [1.165, 1.54) is 18.2 Å². The Morgan fingerprint density at radius 2 is 1.60 bits per heavy atom. The lowest BCUT2D eigenvalue weighted by atomic mass is 10.0. The number of aliphatic hydroxyl groups excluding tert-OH is 1. The highest BCUT2D eigenvalue weighted by atomic mass is 32.2. The molecule has 1 saturated heterocycles. The molecule has 4 aromatic carbocycles. The van der Waals surface area contributed by atoms with Crippen LogP contribution in [0.25, 0.3) is 10.2 Å². The summed E-state index contributed by atoms with van der Waals surface area (Å²) in [4.78, 5) is 17.3. The Morgan fingerprint density at radius 1 is 0.889 bits per heavy atom. The summed E-state index contributed by atoms with van der Waals surface area (Å²) < 4.78 is 83.9. The molecule has 2 heterocycles. The molecule has 232 valence electrons. The van der Waals surface area contributed by atoms with Gasteiger partial charge in [-0.1, -0.05) is 60.3 Å². The van der Waals surface area contributed by atoms with Crippen LogP contribution in [0, 0.1) is 29.1 Å². The van der Waals surface area contributed by atoms with Gasteiger partial charge in [0.2, 0.25) is 5.82 Å². The van der Waals surface area contributed by atoms with Crippen LogP contribution in [0.2, 0.25) is 0 Å². The summed E-state index contributed by atoms with van der Waals surface area (Å²) in [5.41, 5.74) is 1.36. The average molecular weight is 659 g/mol. The van der Waals surface area contributed by atoms with Crippen LogP contribution in [0.15, 0.2) is 77.1 Å². The van der Waals surface area contributed by atoms with Crippen LogP contribution in [0.4, 0.5) is 27.6 Å². The summed E-state index contributed by atoms with van der Waals surface area (Å²) in [5.74, 6) is -12.2. The van der Waals surface area contributed by atoms with Gasteiger partial charge in [0.15, 0.2) is 33.9 Å². The number of para-hydroxylation sites is 1. The van der Waals surface area contributed by atoms with E-state index in [2.05, 4.69) is 10.3 Å². The molecule has 0 aliphatic carbocycles. The van der Waals surface area contributed by atoms with E-state index in [9.17, 15) is 31.9 Å². The number of fused-ring (bicyclic) bond motifs is 1. The maximum atomic E-state index is 14.2. The summed E-state index contributed by atoms with van der Waals surface area (Å²) >= 11 is 3.12. The zero-order chi connectivity index (χ0) is 31.7. The average Bonchev–Trinajstić information content (AvgIpc) is 3.49. The summed E-state index contributed by atoms with van der Waals surface area (Å²) in [5, 5.41) is 11.6. The number of thioether (sulfide) groups is 1. The lowest BCUT2D eigenvalue weighted by Gasteiger charge is -2.36. The lowest BCUT2D eigenvalue weighted by Crippen LogP contribution is -2.31. The number of anilines is 1. The van der Waals surface area contributed by atoms with Crippen LogP contribution in [0.3, 0.4) is 0 Å². The molecule has 6 nitrogen and oxygen atoms in total. The first kappa shape index (κ1) is 31.1. The van der Waals surface area contributed by atoms with Crippen molar-refractivity contribution in [3.8, 4) is 0 Å². The fraction of sp³-hybridized carbons (Fsp3) is 0.188. The predicted octanol–water partition coefficient (Wildman–Crippen LogP) is 8.07. The number of halogens is 5. The van der Waals surface area contributed by atoms with Crippen molar-refractivity contribution in [3.63, 3.8) is 0 Å². The van der Waals surface area contributed by atoms with Gasteiger partial charge in [-0.05, 0) is 35.4 Å². The zero-order valence-corrected chi connectivity index (χ0v) is 24.7. The first-order valence-corrected chi connectivity index (χ1v) is 15.4. The second-order valence-corrected chi connectivity index (χ2v) is 12.4. The molecule has 0 bridgehead atoms. The van der Waals surface area contributed by atoms with E-state index in [1.54, 1.807) is 41.3 Å². The van der Waals surface area contributed by atoms with Crippen LogP contribution in [-0.2, 0) is 16.1 Å². The Hall–Kier alpha value is -3.88. The number of carbonyl (C=O) groups excluding carboxylic acids is 1. The van der Waals surface area contributed by atoms with Crippen molar-refractivity contribution in [3.05, 3.63) is 124 Å². The summed E-state index contributed by atoms with van der Waals surface area (Å²) in [6.45, 7) is -0.109. The predicted molar refractivity (Wildman–Crippen MR) is 159 cm³/mol. The van der Waals surface area contributed by atoms with Crippen LogP contribution in [-0.4, -0.2) is 27.9 Å². The minimum absolute atomic E-state index is 0.0171. The van der Waals surface area contributed by atoms with Crippen molar-refractivity contribution in [2.45, 2.75) is 35.9 Å². The van der Waals surface area contributed by atoms with Gasteiger partial charge >= 0.3 is 0 Å². The number of carbonyl (C=O) groups is 1. The van der Waals surface area contributed by atoms with Crippen LogP contribution < -0.4 is 5.32 Å². The smallest absolute Gasteiger partial charge is 0.261 e. The third-order valence-electron chi connectivity index (χ3n) is 7.14. The van der Waals surface area contributed by atoms with E-state index in [0.717, 1.165) is 25.7 Å². The van der Waals surface area contributed by atoms with Crippen molar-refractivity contribution in [1.29, 1.82) is 0 Å². The molecule has 1 amide bonds. The molecule has 13 heteroatoms. The molecule has 1 fully saturated rings. The minimum atomic E-state index is -2.36. The highest BCUT2D eigenvalue weighted by Crippen LogP contribution is 2.40. The third-order valence-corrected chi connectivity index (χ3v) is 9.45. The highest BCUT2D eigenvalue weighted by Gasteiger charge is 2.33. The number of ether oxygens (including phenoxy) is 2. The van der Waals surface area contributed by atoms with Crippen molar-refractivity contribution in [2.24, 2.45) is 0 Å². The Kier molecular flexibility index (Phi) is 9.15. The number of aliphatic hydroxyl groups is 1. The largest absolute Gasteiger partial charge is 0.392 e. The summed E-state index contributed by atoms with van der Waals surface area (Å²) in [6.07, 6.45) is -1.16. The molecule has 0 radical (unpaired) electrons. The monoisotopic (exact) mass is 658 g/mol. The Morgan fingerprint density at radius 3 is 2.31 bits per heavy atom. The molecular formula is C32H23F5N2O4S2. The number of nitrogens with zero attached hydrogens (tertiary/aromatic N) is 1. The maximum Gasteiger partial charge on any atom is 0.261 e. The Balaban J connectivity index is 1.24. The highest BCUT2D eigenvalue weighted by molar-refractivity contribution is 8.01. The standard InChI is InChI=1S/C32H23F5N2O4S2/c33-25-24(26(34)28(36)29(37)27(25)35)30(41)38-19-5-3-4-18(12-19)31-42-20(13-22(43-31)17-10-8-16(14-40)9-11-17)15-44-32-39-21-6-1-2-7-23(21)45-32/h1-12,20,22,31,40H,13-15H2,(H,38,41). The second kappa shape index (κ2) is 13.2. The second-order valence-electron chi connectivity index (χ2n) is 10.1. The van der Waals surface area contributed by atoms with Gasteiger partial charge in [0.25, 0.3) is 5.91 Å². The van der Waals surface area contributed by atoms with Gasteiger partial charge in [-0.15, -0.1) is 11.3 Å². The normalized spacial score (nSPS) is 18.3. The minimum Gasteiger partial charge on any atom is -0.392 e. The van der Waals surface area contributed by atoms with E-state index in [4.69, 9.17) is 9.47 Å². The molecular weight excluding hydrogens is 635 g/mol. The molecule has 3 unspecified atom stereocenters. The maximum absolute atomic E-state index is 14.2. The summed E-state index contributed by atoms with van der Waals surface area (Å²) in [7, 11) is 0. The number of rotatable bonds is 8. The molecule has 1 aliphatic rings. The topological polar surface area (TPSA) is 80.7 Å². The molecule has 6 rings (SSSR count). The number of nitrogens with one attached hydrogen (secondary N) is 1. The SMILES string of the molecule is O=C(Nc1cccc(C2OC(CSc3nc4ccccc4s3)CC(c3ccc(CO)cc3)O2)c1)c1c(F)c(F)c(F)c(F)c1F. The summed E-state index contributed by atoms with van der Waals surface area (Å²) in [6, 6.07) is 21.1. The number of amides is 1. The van der Waals surface area contributed by atoms with Crippen molar-refractivity contribution in [2.75, 3.05) is 11.1 Å². The van der Waals surface area contributed by atoms with Crippen molar-refractivity contribution >= 4 is 44.9 Å².